The first-order valence-corrected chi connectivity index (χ1v) is 9.94. The number of hydrogen-bond donors (Lipinski definition) is 2. The van der Waals surface area contributed by atoms with E-state index in [1.807, 2.05) is 6.07 Å². The van der Waals surface area contributed by atoms with Crippen LogP contribution in [0.1, 0.15) is 37.2 Å². The highest BCUT2D eigenvalue weighted by Crippen LogP contribution is 2.29. The highest BCUT2D eigenvalue weighted by atomic mass is 19.1. The van der Waals surface area contributed by atoms with Crippen molar-refractivity contribution in [2.45, 2.75) is 37.6 Å². The predicted octanol–water partition coefficient (Wildman–Crippen LogP) is 1.22. The molecule has 1 atom stereocenters. The zero-order chi connectivity index (χ0) is 18.8. The molecular formula is C20H27FN4O2. The van der Waals surface area contributed by atoms with E-state index in [1.54, 1.807) is 6.07 Å². The Morgan fingerprint density at radius 1 is 1.00 bits per heavy atom. The van der Waals surface area contributed by atoms with Gasteiger partial charge in [0, 0.05) is 38.6 Å². The smallest absolute Gasteiger partial charge is 0.234 e. The third-order valence-corrected chi connectivity index (χ3v) is 6.09. The van der Waals surface area contributed by atoms with Crippen molar-refractivity contribution in [2.75, 3.05) is 44.2 Å². The fourth-order valence-electron chi connectivity index (χ4n) is 4.51. The van der Waals surface area contributed by atoms with Gasteiger partial charge in [-0.3, -0.25) is 19.8 Å². The zero-order valence-corrected chi connectivity index (χ0v) is 15.5. The Labute approximate surface area is 159 Å². The molecule has 1 unspecified atom stereocenters. The molecule has 1 aromatic rings. The highest BCUT2D eigenvalue weighted by molar-refractivity contribution is 6.00. The van der Waals surface area contributed by atoms with Gasteiger partial charge < -0.3 is 10.2 Å². The van der Waals surface area contributed by atoms with Crippen LogP contribution < -0.4 is 15.5 Å². The largest absolute Gasteiger partial charge is 0.367 e. The molecule has 146 valence electrons. The Bertz CT molecular complexity index is 712. The first-order chi connectivity index (χ1) is 13.1. The molecule has 0 saturated carbocycles. The summed E-state index contributed by atoms with van der Waals surface area (Å²) in [7, 11) is 0. The summed E-state index contributed by atoms with van der Waals surface area (Å²) in [5, 5.41) is 5.74. The van der Waals surface area contributed by atoms with E-state index in [1.165, 1.54) is 18.9 Å². The molecule has 3 heterocycles. The number of nitrogens with one attached hydrogen (secondary N) is 2. The minimum atomic E-state index is -0.442. The van der Waals surface area contributed by atoms with Crippen LogP contribution in [0.4, 0.5) is 10.1 Å². The second-order valence-electron chi connectivity index (χ2n) is 7.72. The van der Waals surface area contributed by atoms with E-state index >= 15 is 0 Å². The van der Waals surface area contributed by atoms with E-state index in [0.29, 0.717) is 30.1 Å². The van der Waals surface area contributed by atoms with Gasteiger partial charge in [-0.1, -0.05) is 6.07 Å². The van der Waals surface area contributed by atoms with Crippen molar-refractivity contribution in [3.8, 4) is 0 Å². The van der Waals surface area contributed by atoms with E-state index in [2.05, 4.69) is 20.4 Å². The van der Waals surface area contributed by atoms with Crippen molar-refractivity contribution in [1.82, 2.24) is 15.5 Å². The number of rotatable bonds is 3. The van der Waals surface area contributed by atoms with E-state index < -0.39 is 5.92 Å². The lowest BCUT2D eigenvalue weighted by Gasteiger charge is -2.41. The van der Waals surface area contributed by atoms with Crippen LogP contribution in [-0.4, -0.2) is 62.0 Å². The van der Waals surface area contributed by atoms with Crippen LogP contribution in [0.3, 0.4) is 0 Å². The second kappa shape index (κ2) is 7.94. The lowest BCUT2D eigenvalue weighted by atomic mass is 9.90. The molecule has 3 aliphatic rings. The van der Waals surface area contributed by atoms with Gasteiger partial charge >= 0.3 is 0 Å². The molecule has 0 bridgehead atoms. The van der Waals surface area contributed by atoms with Gasteiger partial charge in [0.15, 0.2) is 0 Å². The standard InChI is InChI=1S/C20H27FN4O2/c21-17-13-14(16-2-4-19(26)23-20(16)27)1-3-18(17)25-11-9-24(10-12-25)15-5-7-22-8-6-15/h1,3,13,15-16,22H,2,4-12H2,(H,23,26,27). The molecule has 7 heteroatoms. The van der Waals surface area contributed by atoms with Crippen molar-refractivity contribution in [3.63, 3.8) is 0 Å². The monoisotopic (exact) mass is 374 g/mol. The summed E-state index contributed by atoms with van der Waals surface area (Å²) in [4.78, 5) is 27.9. The third-order valence-electron chi connectivity index (χ3n) is 6.09. The molecule has 0 aromatic heterocycles. The molecule has 27 heavy (non-hydrogen) atoms. The number of hydrogen-bond acceptors (Lipinski definition) is 5. The first kappa shape index (κ1) is 18.4. The number of amides is 2. The lowest BCUT2D eigenvalue weighted by molar-refractivity contribution is -0.134. The number of carbonyl (C=O) groups excluding carboxylic acids is 2. The van der Waals surface area contributed by atoms with Crippen LogP contribution in [0.2, 0.25) is 0 Å². The predicted molar refractivity (Wildman–Crippen MR) is 101 cm³/mol. The molecule has 0 radical (unpaired) electrons. The number of anilines is 1. The van der Waals surface area contributed by atoms with Crippen LogP contribution in [0.25, 0.3) is 0 Å². The minimum Gasteiger partial charge on any atom is -0.367 e. The molecule has 3 fully saturated rings. The topological polar surface area (TPSA) is 64.7 Å². The van der Waals surface area contributed by atoms with Gasteiger partial charge in [-0.05, 0) is 50.0 Å². The number of piperazine rings is 1. The van der Waals surface area contributed by atoms with Crippen molar-refractivity contribution in [2.24, 2.45) is 0 Å². The van der Waals surface area contributed by atoms with Gasteiger partial charge in [-0.2, -0.15) is 0 Å². The first-order valence-electron chi connectivity index (χ1n) is 9.94. The Hall–Kier alpha value is -1.99. The average molecular weight is 374 g/mol. The zero-order valence-electron chi connectivity index (χ0n) is 15.5. The maximum atomic E-state index is 14.8. The van der Waals surface area contributed by atoms with Crippen molar-refractivity contribution < 1.29 is 14.0 Å². The Kier molecular flexibility index (Phi) is 5.41. The van der Waals surface area contributed by atoms with Crippen LogP contribution >= 0.6 is 0 Å². The maximum Gasteiger partial charge on any atom is 0.234 e. The molecule has 1 aromatic carbocycles. The highest BCUT2D eigenvalue weighted by Gasteiger charge is 2.30. The molecule has 2 amide bonds. The van der Waals surface area contributed by atoms with E-state index in [0.717, 1.165) is 39.3 Å². The second-order valence-corrected chi connectivity index (χ2v) is 7.72. The molecule has 4 rings (SSSR count). The Morgan fingerprint density at radius 3 is 2.41 bits per heavy atom. The number of piperidine rings is 2. The Morgan fingerprint density at radius 2 is 1.74 bits per heavy atom. The number of imide groups is 1. The average Bonchev–Trinajstić information content (AvgIpc) is 2.69. The number of carbonyl (C=O) groups is 2. The van der Waals surface area contributed by atoms with E-state index in [4.69, 9.17) is 0 Å². The van der Waals surface area contributed by atoms with Crippen molar-refractivity contribution in [3.05, 3.63) is 29.6 Å². The summed E-state index contributed by atoms with van der Waals surface area (Å²) in [6, 6.07) is 5.73. The molecule has 3 aliphatic heterocycles. The van der Waals surface area contributed by atoms with Gasteiger partial charge in [-0.25, -0.2) is 4.39 Å². The third kappa shape index (κ3) is 3.99. The minimum absolute atomic E-state index is 0.250. The maximum absolute atomic E-state index is 14.8. The fraction of sp³-hybridized carbons (Fsp3) is 0.600. The van der Waals surface area contributed by atoms with Crippen LogP contribution in [0.15, 0.2) is 18.2 Å². The molecule has 6 nitrogen and oxygen atoms in total. The molecule has 0 spiro atoms. The summed E-state index contributed by atoms with van der Waals surface area (Å²) >= 11 is 0. The quantitative estimate of drug-likeness (QED) is 0.779. The van der Waals surface area contributed by atoms with Crippen LogP contribution in [0.5, 0.6) is 0 Å². The van der Waals surface area contributed by atoms with Crippen molar-refractivity contribution >= 4 is 17.5 Å². The normalized spacial score (nSPS) is 25.5. The summed E-state index contributed by atoms with van der Waals surface area (Å²) in [6.45, 7) is 5.72. The molecule has 3 saturated heterocycles. The SMILES string of the molecule is O=C1CCC(c2ccc(N3CCN(C4CCNCC4)CC3)c(F)c2)C(=O)N1. The lowest BCUT2D eigenvalue weighted by Crippen LogP contribution is -2.53. The van der Waals surface area contributed by atoms with Crippen LogP contribution in [-0.2, 0) is 9.59 Å². The van der Waals surface area contributed by atoms with Gasteiger partial charge in [0.2, 0.25) is 11.8 Å². The molecule has 0 aliphatic carbocycles. The van der Waals surface area contributed by atoms with Gasteiger partial charge in [0.25, 0.3) is 0 Å². The van der Waals surface area contributed by atoms with E-state index in [-0.39, 0.29) is 17.6 Å². The van der Waals surface area contributed by atoms with Gasteiger partial charge in [0.1, 0.15) is 5.82 Å². The van der Waals surface area contributed by atoms with Gasteiger partial charge in [-0.15, -0.1) is 0 Å². The number of halogens is 1. The van der Waals surface area contributed by atoms with Crippen molar-refractivity contribution in [1.29, 1.82) is 0 Å². The van der Waals surface area contributed by atoms with Crippen LogP contribution in [0, 0.1) is 5.82 Å². The van der Waals surface area contributed by atoms with E-state index in [9.17, 15) is 14.0 Å². The molecule has 2 N–H and O–H groups in total. The number of nitrogens with zero attached hydrogens (tertiary/aromatic N) is 2. The number of benzene rings is 1. The molecular weight excluding hydrogens is 347 g/mol. The summed E-state index contributed by atoms with van der Waals surface area (Å²) in [5.74, 6) is -1.30. The fourth-order valence-corrected chi connectivity index (χ4v) is 4.51. The summed E-state index contributed by atoms with van der Waals surface area (Å²) < 4.78 is 14.8. The van der Waals surface area contributed by atoms with Gasteiger partial charge in [0.05, 0.1) is 11.6 Å². The Balaban J connectivity index is 1.40. The summed E-state index contributed by atoms with van der Waals surface area (Å²) in [6.07, 6.45) is 3.13. The summed E-state index contributed by atoms with van der Waals surface area (Å²) in [5.41, 5.74) is 1.26.